The van der Waals surface area contributed by atoms with E-state index < -0.39 is 17.6 Å². The van der Waals surface area contributed by atoms with E-state index in [1.54, 1.807) is 21.3 Å². The van der Waals surface area contributed by atoms with E-state index in [-0.39, 0.29) is 0 Å². The number of hydrogen-bond acceptors (Lipinski definition) is 6. The summed E-state index contributed by atoms with van der Waals surface area (Å²) in [5.74, 6) is 0. The first-order valence-corrected chi connectivity index (χ1v) is 18.4. The molecule has 0 aliphatic carbocycles. The molecule has 0 saturated carbocycles. The predicted octanol–water partition coefficient (Wildman–Crippen LogP) is 8.40. The van der Waals surface area contributed by atoms with Crippen molar-refractivity contribution in [1.29, 1.82) is 0 Å². The maximum Gasteiger partial charge on any atom is 0.500 e. The minimum absolute atomic E-state index is 0.685. The Bertz CT molecular complexity index is 386. The van der Waals surface area contributed by atoms with Gasteiger partial charge in [0, 0.05) is 53.2 Å². The average molecular weight is 539 g/mol. The zero-order valence-corrected chi connectivity index (χ0v) is 26.9. The Balaban J connectivity index is 0. The van der Waals surface area contributed by atoms with Gasteiger partial charge in [-0.05, 0) is 33.6 Å². The largest absolute Gasteiger partial charge is 0.500 e. The van der Waals surface area contributed by atoms with E-state index in [9.17, 15) is 0 Å². The lowest BCUT2D eigenvalue weighted by atomic mass is 10.1. The molecule has 0 aliphatic rings. The van der Waals surface area contributed by atoms with Gasteiger partial charge in [0.2, 0.25) is 0 Å². The molecule has 35 heavy (non-hydrogen) atoms. The van der Waals surface area contributed by atoms with Crippen LogP contribution in [-0.4, -0.2) is 58.8 Å². The van der Waals surface area contributed by atoms with Crippen molar-refractivity contribution in [3.05, 3.63) is 0 Å². The Labute approximate surface area is 221 Å². The number of hydrogen-bond donors (Lipinski definition) is 0. The molecule has 0 fully saturated rings. The summed E-state index contributed by atoms with van der Waals surface area (Å²) in [6.07, 6.45) is 18.4. The SMILES string of the molecule is CCCCCCCCCCCC[Si](OCC)(OCC)OCC.CCCCCC[Si](OC)(OC)OC. The van der Waals surface area contributed by atoms with Crippen LogP contribution in [0.1, 0.15) is 125 Å². The second-order valence-corrected chi connectivity index (χ2v) is 14.8. The highest BCUT2D eigenvalue weighted by atomic mass is 28.4. The first-order valence-electron chi connectivity index (χ1n) is 14.6. The van der Waals surface area contributed by atoms with Crippen molar-refractivity contribution in [2.45, 2.75) is 137 Å². The van der Waals surface area contributed by atoms with Gasteiger partial charge in [0.25, 0.3) is 0 Å². The monoisotopic (exact) mass is 538 g/mol. The molecule has 0 spiro atoms. The lowest BCUT2D eigenvalue weighted by Gasteiger charge is -2.28. The first-order chi connectivity index (χ1) is 17.0. The Morgan fingerprint density at radius 3 is 0.971 bits per heavy atom. The Morgan fingerprint density at radius 1 is 0.371 bits per heavy atom. The van der Waals surface area contributed by atoms with E-state index in [2.05, 4.69) is 13.8 Å². The van der Waals surface area contributed by atoms with Crippen molar-refractivity contribution >= 4 is 17.6 Å². The van der Waals surface area contributed by atoms with E-state index in [4.69, 9.17) is 26.6 Å². The van der Waals surface area contributed by atoms with Gasteiger partial charge in [-0.3, -0.25) is 0 Å². The molecule has 0 aromatic heterocycles. The van der Waals surface area contributed by atoms with E-state index in [1.165, 1.54) is 83.5 Å². The Morgan fingerprint density at radius 2 is 0.657 bits per heavy atom. The Hall–Kier alpha value is 0.194. The molecule has 0 rings (SSSR count). The van der Waals surface area contributed by atoms with Gasteiger partial charge < -0.3 is 26.6 Å². The maximum absolute atomic E-state index is 5.89. The van der Waals surface area contributed by atoms with Gasteiger partial charge in [-0.25, -0.2) is 0 Å². The van der Waals surface area contributed by atoms with Crippen LogP contribution in [0, 0.1) is 0 Å². The van der Waals surface area contributed by atoms with Crippen molar-refractivity contribution in [1.82, 2.24) is 0 Å². The van der Waals surface area contributed by atoms with E-state index >= 15 is 0 Å². The zero-order valence-electron chi connectivity index (χ0n) is 24.9. The lowest BCUT2D eigenvalue weighted by molar-refractivity contribution is 0.0706. The first kappa shape index (κ1) is 37.3. The molecule has 0 unspecified atom stereocenters. The molecule has 0 aliphatic heterocycles. The quantitative estimate of drug-likeness (QED) is 0.0859. The summed E-state index contributed by atoms with van der Waals surface area (Å²) in [6.45, 7) is 12.6. The molecule has 0 bridgehead atoms. The fourth-order valence-corrected chi connectivity index (χ4v) is 8.64. The van der Waals surface area contributed by atoms with Gasteiger partial charge in [0.15, 0.2) is 0 Å². The molecule has 0 aromatic carbocycles. The van der Waals surface area contributed by atoms with Crippen LogP contribution in [0.5, 0.6) is 0 Å². The van der Waals surface area contributed by atoms with Gasteiger partial charge >= 0.3 is 17.6 Å². The molecule has 0 heterocycles. The van der Waals surface area contributed by atoms with Crippen LogP contribution in [0.4, 0.5) is 0 Å². The molecule has 0 radical (unpaired) electrons. The predicted molar refractivity (Wildman–Crippen MR) is 153 cm³/mol. The van der Waals surface area contributed by atoms with E-state index in [0.717, 1.165) is 18.5 Å². The van der Waals surface area contributed by atoms with Crippen molar-refractivity contribution in [2.24, 2.45) is 0 Å². The highest BCUT2D eigenvalue weighted by molar-refractivity contribution is 6.61. The van der Waals surface area contributed by atoms with Crippen molar-refractivity contribution < 1.29 is 26.6 Å². The van der Waals surface area contributed by atoms with Crippen LogP contribution in [0.3, 0.4) is 0 Å². The molecule has 0 N–H and O–H groups in total. The maximum atomic E-state index is 5.89. The average Bonchev–Trinajstić information content (AvgIpc) is 2.87. The summed E-state index contributed by atoms with van der Waals surface area (Å²) < 4.78 is 33.6. The van der Waals surface area contributed by atoms with Crippen molar-refractivity contribution in [3.8, 4) is 0 Å². The van der Waals surface area contributed by atoms with Crippen molar-refractivity contribution in [3.63, 3.8) is 0 Å². The third-order valence-electron chi connectivity index (χ3n) is 6.20. The molecule has 0 aromatic rings. The van der Waals surface area contributed by atoms with Crippen LogP contribution in [0.2, 0.25) is 12.1 Å². The third-order valence-corrected chi connectivity index (χ3v) is 12.2. The fourth-order valence-electron chi connectivity index (χ4n) is 4.15. The van der Waals surface area contributed by atoms with Crippen LogP contribution in [0.15, 0.2) is 0 Å². The second-order valence-electron chi connectivity index (χ2n) is 9.02. The zero-order chi connectivity index (χ0) is 26.7. The smallest absolute Gasteiger partial charge is 0.377 e. The summed E-state index contributed by atoms with van der Waals surface area (Å²) in [7, 11) is 0.344. The van der Waals surface area contributed by atoms with E-state index in [0.29, 0.717) is 19.8 Å². The van der Waals surface area contributed by atoms with Gasteiger partial charge in [-0.15, -0.1) is 0 Å². The molecule has 0 atom stereocenters. The number of rotatable bonds is 25. The molecule has 6 nitrogen and oxygen atoms in total. The highest BCUT2D eigenvalue weighted by Crippen LogP contribution is 2.21. The van der Waals surface area contributed by atoms with Crippen LogP contribution in [-0.2, 0) is 26.6 Å². The standard InChI is InChI=1S/C18H40O3Si.C9H22O3Si/c1-5-9-10-11-12-13-14-15-16-17-18-22(19-6-2,20-7-3)21-8-4;1-5-6-7-8-9-13(10-2,11-3)12-4/h5-18H2,1-4H3;5-9H2,1-4H3. The number of unbranched alkanes of at least 4 members (excludes halogenated alkanes) is 12. The lowest BCUT2D eigenvalue weighted by Crippen LogP contribution is -2.45. The summed E-state index contributed by atoms with van der Waals surface area (Å²) in [5, 5.41) is 0. The van der Waals surface area contributed by atoms with Gasteiger partial charge in [0.05, 0.1) is 0 Å². The van der Waals surface area contributed by atoms with Crippen LogP contribution < -0.4 is 0 Å². The van der Waals surface area contributed by atoms with Gasteiger partial charge in [-0.1, -0.05) is 90.9 Å². The molecule has 214 valence electrons. The Kier molecular flexibility index (Phi) is 29.1. The summed E-state index contributed by atoms with van der Waals surface area (Å²) in [6, 6.07) is 1.90. The third kappa shape index (κ3) is 20.9. The topological polar surface area (TPSA) is 55.4 Å². The van der Waals surface area contributed by atoms with Gasteiger partial charge in [-0.2, -0.15) is 0 Å². The van der Waals surface area contributed by atoms with Crippen molar-refractivity contribution in [2.75, 3.05) is 41.2 Å². The van der Waals surface area contributed by atoms with Gasteiger partial charge in [0.1, 0.15) is 0 Å². The van der Waals surface area contributed by atoms with Crippen LogP contribution >= 0.6 is 0 Å². The summed E-state index contributed by atoms with van der Waals surface area (Å²) >= 11 is 0. The van der Waals surface area contributed by atoms with E-state index in [1.807, 2.05) is 20.8 Å². The molecule has 0 saturated heterocycles. The fraction of sp³-hybridized carbons (Fsp3) is 1.00. The summed E-state index contributed by atoms with van der Waals surface area (Å²) in [5.41, 5.74) is 0. The minimum atomic E-state index is -2.39. The normalized spacial score (nSPS) is 12.0. The molecular formula is C27H62O6Si2. The highest BCUT2D eigenvalue weighted by Gasteiger charge is 2.39. The second kappa shape index (κ2) is 27.2. The summed E-state index contributed by atoms with van der Waals surface area (Å²) in [4.78, 5) is 0. The molecular weight excluding hydrogens is 476 g/mol. The molecule has 0 amide bonds. The van der Waals surface area contributed by atoms with Crippen LogP contribution in [0.25, 0.3) is 0 Å². The minimum Gasteiger partial charge on any atom is -0.377 e. The molecule has 8 heteroatoms.